The Bertz CT molecular complexity index is 568. The normalized spacial score (nSPS) is 12.4. The highest BCUT2D eigenvalue weighted by Crippen LogP contribution is 2.26. The van der Waals surface area contributed by atoms with Gasteiger partial charge in [0, 0.05) is 10.6 Å². The molecular weight excluding hydrogens is 261 g/mol. The van der Waals surface area contributed by atoms with E-state index in [0.717, 1.165) is 17.7 Å². The standard InChI is InChI=1S/C16H17ClFN/c1-3-19-16(12-6-4-5-11(2)9-12)14-8-7-13(17)10-15(14)18/h4-10,16,19H,3H2,1-2H3. The van der Waals surface area contributed by atoms with Gasteiger partial charge in [-0.2, -0.15) is 0 Å². The number of benzene rings is 2. The van der Waals surface area contributed by atoms with Crippen LogP contribution in [0.5, 0.6) is 0 Å². The van der Waals surface area contributed by atoms with Crippen LogP contribution in [-0.4, -0.2) is 6.54 Å². The maximum Gasteiger partial charge on any atom is 0.129 e. The van der Waals surface area contributed by atoms with Gasteiger partial charge < -0.3 is 5.32 Å². The number of halogens is 2. The van der Waals surface area contributed by atoms with Crippen molar-refractivity contribution in [1.82, 2.24) is 5.32 Å². The topological polar surface area (TPSA) is 12.0 Å². The predicted octanol–water partition coefficient (Wildman–Crippen LogP) is 4.49. The first-order valence-electron chi connectivity index (χ1n) is 6.36. The van der Waals surface area contributed by atoms with Crippen LogP contribution in [0.4, 0.5) is 4.39 Å². The molecule has 3 heteroatoms. The number of hydrogen-bond acceptors (Lipinski definition) is 1. The Morgan fingerprint density at radius 3 is 2.63 bits per heavy atom. The van der Waals surface area contributed by atoms with Gasteiger partial charge >= 0.3 is 0 Å². The fourth-order valence-electron chi connectivity index (χ4n) is 2.20. The Labute approximate surface area is 118 Å². The van der Waals surface area contributed by atoms with E-state index in [4.69, 9.17) is 11.6 Å². The van der Waals surface area contributed by atoms with Crippen LogP contribution in [0.15, 0.2) is 42.5 Å². The highest BCUT2D eigenvalue weighted by Gasteiger charge is 2.17. The fraction of sp³-hybridized carbons (Fsp3) is 0.250. The fourth-order valence-corrected chi connectivity index (χ4v) is 2.36. The third kappa shape index (κ3) is 3.34. The predicted molar refractivity (Wildman–Crippen MR) is 78.1 cm³/mol. The molecule has 2 aromatic carbocycles. The van der Waals surface area contributed by atoms with Crippen LogP contribution in [0.2, 0.25) is 5.02 Å². The largest absolute Gasteiger partial charge is 0.306 e. The molecule has 1 N–H and O–H groups in total. The summed E-state index contributed by atoms with van der Waals surface area (Å²) in [7, 11) is 0. The van der Waals surface area contributed by atoms with E-state index in [1.165, 1.54) is 6.07 Å². The molecule has 0 aliphatic heterocycles. The van der Waals surface area contributed by atoms with Crippen molar-refractivity contribution in [3.05, 3.63) is 70.0 Å². The van der Waals surface area contributed by atoms with E-state index in [-0.39, 0.29) is 11.9 Å². The third-order valence-corrected chi connectivity index (χ3v) is 3.29. The Balaban J connectivity index is 2.45. The molecule has 1 atom stereocenters. The molecule has 0 radical (unpaired) electrons. The van der Waals surface area contributed by atoms with Crippen molar-refractivity contribution in [2.24, 2.45) is 0 Å². The molecule has 0 fully saturated rings. The highest BCUT2D eigenvalue weighted by atomic mass is 35.5. The summed E-state index contributed by atoms with van der Waals surface area (Å²) in [4.78, 5) is 0. The molecule has 0 heterocycles. The van der Waals surface area contributed by atoms with Crippen LogP contribution < -0.4 is 5.32 Å². The van der Waals surface area contributed by atoms with E-state index < -0.39 is 0 Å². The molecule has 1 nitrogen and oxygen atoms in total. The summed E-state index contributed by atoms with van der Waals surface area (Å²) in [5.41, 5.74) is 2.84. The van der Waals surface area contributed by atoms with Crippen molar-refractivity contribution >= 4 is 11.6 Å². The molecule has 100 valence electrons. The molecule has 0 saturated carbocycles. The first kappa shape index (κ1) is 14.0. The van der Waals surface area contributed by atoms with Crippen molar-refractivity contribution in [3.8, 4) is 0 Å². The summed E-state index contributed by atoms with van der Waals surface area (Å²) >= 11 is 5.81. The van der Waals surface area contributed by atoms with Crippen molar-refractivity contribution in [1.29, 1.82) is 0 Å². The van der Waals surface area contributed by atoms with E-state index in [1.54, 1.807) is 12.1 Å². The quantitative estimate of drug-likeness (QED) is 0.868. The Morgan fingerprint density at radius 2 is 2.00 bits per heavy atom. The van der Waals surface area contributed by atoms with Gasteiger partial charge in [0.05, 0.1) is 6.04 Å². The van der Waals surface area contributed by atoms with E-state index in [1.807, 2.05) is 32.0 Å². The second-order valence-electron chi connectivity index (χ2n) is 4.57. The number of aryl methyl sites for hydroxylation is 1. The van der Waals surface area contributed by atoms with Crippen molar-refractivity contribution in [3.63, 3.8) is 0 Å². The molecule has 0 aliphatic carbocycles. The third-order valence-electron chi connectivity index (χ3n) is 3.06. The van der Waals surface area contributed by atoms with Crippen molar-refractivity contribution in [2.45, 2.75) is 19.9 Å². The lowest BCUT2D eigenvalue weighted by Crippen LogP contribution is -2.23. The SMILES string of the molecule is CCNC(c1cccc(C)c1)c1ccc(Cl)cc1F. The van der Waals surface area contributed by atoms with Gasteiger partial charge in [0.25, 0.3) is 0 Å². The number of hydrogen-bond donors (Lipinski definition) is 1. The molecule has 1 unspecified atom stereocenters. The van der Waals surface area contributed by atoms with Gasteiger partial charge in [-0.1, -0.05) is 54.4 Å². The lowest BCUT2D eigenvalue weighted by molar-refractivity contribution is 0.559. The van der Waals surface area contributed by atoms with Gasteiger partial charge in [0.15, 0.2) is 0 Å². The molecule has 0 amide bonds. The van der Waals surface area contributed by atoms with Gasteiger partial charge in [0.1, 0.15) is 5.82 Å². The summed E-state index contributed by atoms with van der Waals surface area (Å²) in [6, 6.07) is 12.8. The van der Waals surface area contributed by atoms with E-state index in [9.17, 15) is 4.39 Å². The van der Waals surface area contributed by atoms with Crippen LogP contribution in [0.25, 0.3) is 0 Å². The Morgan fingerprint density at radius 1 is 1.21 bits per heavy atom. The van der Waals surface area contributed by atoms with Crippen LogP contribution in [-0.2, 0) is 0 Å². The zero-order valence-electron chi connectivity index (χ0n) is 11.1. The average Bonchev–Trinajstić information content (AvgIpc) is 2.37. The average molecular weight is 278 g/mol. The van der Waals surface area contributed by atoms with E-state index >= 15 is 0 Å². The lowest BCUT2D eigenvalue weighted by atomic mass is 9.97. The summed E-state index contributed by atoms with van der Waals surface area (Å²) in [6.45, 7) is 4.81. The molecule has 0 aromatic heterocycles. The maximum absolute atomic E-state index is 14.1. The molecule has 2 aromatic rings. The minimum absolute atomic E-state index is 0.151. The second kappa shape index (κ2) is 6.18. The minimum Gasteiger partial charge on any atom is -0.306 e. The first-order chi connectivity index (χ1) is 9.11. The Kier molecular flexibility index (Phi) is 4.56. The molecular formula is C16H17ClFN. The molecule has 0 spiro atoms. The van der Waals surface area contributed by atoms with Crippen LogP contribution in [0.3, 0.4) is 0 Å². The summed E-state index contributed by atoms with van der Waals surface area (Å²) in [5, 5.41) is 3.74. The van der Waals surface area contributed by atoms with Crippen LogP contribution in [0.1, 0.15) is 29.7 Å². The lowest BCUT2D eigenvalue weighted by Gasteiger charge is -2.20. The van der Waals surface area contributed by atoms with Crippen LogP contribution >= 0.6 is 11.6 Å². The molecule has 2 rings (SSSR count). The summed E-state index contributed by atoms with van der Waals surface area (Å²) in [6.07, 6.45) is 0. The van der Waals surface area contributed by atoms with Gasteiger partial charge in [0.2, 0.25) is 0 Å². The molecule has 0 saturated heterocycles. The minimum atomic E-state index is -0.278. The molecule has 19 heavy (non-hydrogen) atoms. The van der Waals surface area contributed by atoms with Crippen molar-refractivity contribution < 1.29 is 4.39 Å². The maximum atomic E-state index is 14.1. The monoisotopic (exact) mass is 277 g/mol. The molecule has 0 aliphatic rings. The van der Waals surface area contributed by atoms with Crippen molar-refractivity contribution in [2.75, 3.05) is 6.54 Å². The smallest absolute Gasteiger partial charge is 0.129 e. The van der Waals surface area contributed by atoms with Gasteiger partial charge in [-0.3, -0.25) is 0 Å². The van der Waals surface area contributed by atoms with Gasteiger partial charge in [-0.15, -0.1) is 0 Å². The zero-order chi connectivity index (χ0) is 13.8. The second-order valence-corrected chi connectivity index (χ2v) is 5.01. The van der Waals surface area contributed by atoms with E-state index in [2.05, 4.69) is 11.4 Å². The van der Waals surface area contributed by atoms with Crippen LogP contribution in [0, 0.1) is 12.7 Å². The first-order valence-corrected chi connectivity index (χ1v) is 6.74. The van der Waals surface area contributed by atoms with Gasteiger partial charge in [-0.25, -0.2) is 4.39 Å². The number of rotatable bonds is 4. The summed E-state index contributed by atoms with van der Waals surface area (Å²) in [5.74, 6) is -0.278. The van der Waals surface area contributed by atoms with Gasteiger partial charge in [-0.05, 0) is 31.2 Å². The van der Waals surface area contributed by atoms with E-state index in [0.29, 0.717) is 10.6 Å². The highest BCUT2D eigenvalue weighted by molar-refractivity contribution is 6.30. The summed E-state index contributed by atoms with van der Waals surface area (Å²) < 4.78 is 14.1. The zero-order valence-corrected chi connectivity index (χ0v) is 11.8. The Hall–Kier alpha value is -1.38. The number of nitrogens with one attached hydrogen (secondary N) is 1. The molecule has 0 bridgehead atoms.